The van der Waals surface area contributed by atoms with Gasteiger partial charge in [-0.05, 0) is 20.8 Å². The molecule has 2 nitrogen and oxygen atoms in total. The second kappa shape index (κ2) is 3.28. The van der Waals surface area contributed by atoms with Crippen molar-refractivity contribution >= 4 is 5.78 Å². The van der Waals surface area contributed by atoms with E-state index in [1.165, 1.54) is 0 Å². The zero-order chi connectivity index (χ0) is 7.44. The van der Waals surface area contributed by atoms with Crippen molar-refractivity contribution in [3.63, 3.8) is 0 Å². The van der Waals surface area contributed by atoms with E-state index in [2.05, 4.69) is 5.32 Å². The van der Waals surface area contributed by atoms with Crippen LogP contribution in [0.3, 0.4) is 0 Å². The van der Waals surface area contributed by atoms with Crippen LogP contribution >= 0.6 is 0 Å². The van der Waals surface area contributed by atoms with Crippen LogP contribution in [-0.4, -0.2) is 12.8 Å². The zero-order valence-corrected chi connectivity index (χ0v) is 6.41. The summed E-state index contributed by atoms with van der Waals surface area (Å²) in [5.74, 6) is 0.127. The van der Waals surface area contributed by atoms with Gasteiger partial charge in [0.05, 0.1) is 0 Å². The summed E-state index contributed by atoms with van der Waals surface area (Å²) >= 11 is 0. The Bertz CT molecular complexity index is 147. The molecule has 0 unspecified atom stereocenters. The SMILES string of the molecule is CN/C(C)=C(/C)C(C)=O. The molecular formula is C7H13NO. The minimum absolute atomic E-state index is 0.127. The summed E-state index contributed by atoms with van der Waals surface area (Å²) in [5, 5.41) is 2.90. The summed E-state index contributed by atoms with van der Waals surface area (Å²) in [6.45, 7) is 5.26. The van der Waals surface area contributed by atoms with Crippen molar-refractivity contribution in [2.45, 2.75) is 20.8 Å². The molecule has 0 spiro atoms. The largest absolute Gasteiger partial charge is 0.391 e. The maximum absolute atomic E-state index is 10.6. The van der Waals surface area contributed by atoms with E-state index in [4.69, 9.17) is 0 Å². The van der Waals surface area contributed by atoms with Crippen LogP contribution in [0.2, 0.25) is 0 Å². The fourth-order valence-corrected chi connectivity index (χ4v) is 0.452. The predicted octanol–water partition coefficient (Wildman–Crippen LogP) is 1.09. The summed E-state index contributed by atoms with van der Waals surface area (Å²) in [6, 6.07) is 0. The molecule has 0 aliphatic rings. The minimum atomic E-state index is 0.127. The quantitative estimate of drug-likeness (QED) is 0.562. The van der Waals surface area contributed by atoms with Crippen molar-refractivity contribution in [1.82, 2.24) is 5.32 Å². The van der Waals surface area contributed by atoms with Crippen molar-refractivity contribution in [3.05, 3.63) is 11.3 Å². The molecule has 0 aromatic heterocycles. The molecule has 52 valence electrons. The fraction of sp³-hybridized carbons (Fsp3) is 0.571. The summed E-state index contributed by atoms with van der Waals surface area (Å²) in [7, 11) is 1.81. The maximum atomic E-state index is 10.6. The molecule has 0 heterocycles. The summed E-state index contributed by atoms with van der Waals surface area (Å²) in [5.41, 5.74) is 1.75. The second-order valence-electron chi connectivity index (χ2n) is 2.06. The van der Waals surface area contributed by atoms with Crippen LogP contribution in [0.1, 0.15) is 20.8 Å². The van der Waals surface area contributed by atoms with Crippen LogP contribution in [0.25, 0.3) is 0 Å². The predicted molar refractivity (Wildman–Crippen MR) is 38.1 cm³/mol. The molecule has 0 atom stereocenters. The van der Waals surface area contributed by atoms with Crippen LogP contribution < -0.4 is 5.32 Å². The molecule has 0 aromatic carbocycles. The highest BCUT2D eigenvalue weighted by atomic mass is 16.1. The van der Waals surface area contributed by atoms with E-state index in [1.54, 1.807) is 6.92 Å². The number of nitrogens with one attached hydrogen (secondary N) is 1. The number of rotatable bonds is 2. The first kappa shape index (κ1) is 8.21. The van der Waals surface area contributed by atoms with E-state index in [9.17, 15) is 4.79 Å². The van der Waals surface area contributed by atoms with Gasteiger partial charge < -0.3 is 5.32 Å². The lowest BCUT2D eigenvalue weighted by Gasteiger charge is -2.01. The van der Waals surface area contributed by atoms with Gasteiger partial charge in [-0.2, -0.15) is 0 Å². The van der Waals surface area contributed by atoms with E-state index < -0.39 is 0 Å². The summed E-state index contributed by atoms with van der Waals surface area (Å²) < 4.78 is 0. The Morgan fingerprint density at radius 3 is 1.78 bits per heavy atom. The molecule has 0 radical (unpaired) electrons. The zero-order valence-electron chi connectivity index (χ0n) is 6.41. The van der Waals surface area contributed by atoms with Crippen molar-refractivity contribution < 1.29 is 4.79 Å². The van der Waals surface area contributed by atoms with E-state index in [-0.39, 0.29) is 5.78 Å². The van der Waals surface area contributed by atoms with Crippen molar-refractivity contribution in [1.29, 1.82) is 0 Å². The molecule has 0 amide bonds. The highest BCUT2D eigenvalue weighted by Crippen LogP contribution is 1.98. The van der Waals surface area contributed by atoms with Crippen molar-refractivity contribution in [2.24, 2.45) is 0 Å². The van der Waals surface area contributed by atoms with Gasteiger partial charge in [-0.25, -0.2) is 0 Å². The Morgan fingerprint density at radius 2 is 1.67 bits per heavy atom. The standard InChI is InChI=1S/C7H13NO/c1-5(7(3)9)6(2)8-4/h8H,1-4H3/b6-5-. The molecule has 0 fully saturated rings. The van der Waals surface area contributed by atoms with Gasteiger partial charge in [0.25, 0.3) is 0 Å². The van der Waals surface area contributed by atoms with Crippen molar-refractivity contribution in [3.8, 4) is 0 Å². The first-order valence-electron chi connectivity index (χ1n) is 2.95. The topological polar surface area (TPSA) is 29.1 Å². The molecule has 0 bridgehead atoms. The maximum Gasteiger partial charge on any atom is 0.157 e. The number of allylic oxidation sites excluding steroid dienone is 2. The number of hydrogen-bond acceptors (Lipinski definition) is 2. The Morgan fingerprint density at radius 1 is 1.22 bits per heavy atom. The average Bonchev–Trinajstić information content (AvgIpc) is 1.84. The molecule has 0 aliphatic heterocycles. The van der Waals surface area contributed by atoms with Crippen LogP contribution in [0.4, 0.5) is 0 Å². The van der Waals surface area contributed by atoms with E-state index in [1.807, 2.05) is 20.9 Å². The van der Waals surface area contributed by atoms with E-state index >= 15 is 0 Å². The molecule has 0 saturated heterocycles. The Balaban J connectivity index is 4.28. The highest BCUT2D eigenvalue weighted by Gasteiger charge is 1.98. The molecule has 0 rings (SSSR count). The van der Waals surface area contributed by atoms with Crippen LogP contribution in [0.15, 0.2) is 11.3 Å². The average molecular weight is 127 g/mol. The lowest BCUT2D eigenvalue weighted by molar-refractivity contribution is -0.113. The smallest absolute Gasteiger partial charge is 0.157 e. The summed E-state index contributed by atoms with van der Waals surface area (Å²) in [4.78, 5) is 10.6. The fourth-order valence-electron chi connectivity index (χ4n) is 0.452. The van der Waals surface area contributed by atoms with Crippen LogP contribution in [-0.2, 0) is 4.79 Å². The minimum Gasteiger partial charge on any atom is -0.391 e. The third-order valence-corrected chi connectivity index (χ3v) is 1.47. The molecule has 0 aromatic rings. The number of ketones is 1. The molecule has 2 heteroatoms. The van der Waals surface area contributed by atoms with Gasteiger partial charge in [0, 0.05) is 18.3 Å². The molecule has 0 aliphatic carbocycles. The molecule has 1 N–H and O–H groups in total. The molecule has 9 heavy (non-hydrogen) atoms. The first-order chi connectivity index (χ1) is 4.09. The van der Waals surface area contributed by atoms with Gasteiger partial charge in [0.1, 0.15) is 0 Å². The van der Waals surface area contributed by atoms with Crippen molar-refractivity contribution in [2.75, 3.05) is 7.05 Å². The van der Waals surface area contributed by atoms with Gasteiger partial charge in [0.2, 0.25) is 0 Å². The normalized spacial score (nSPS) is 12.4. The lowest BCUT2D eigenvalue weighted by Crippen LogP contribution is -2.08. The highest BCUT2D eigenvalue weighted by molar-refractivity contribution is 5.93. The Hall–Kier alpha value is -0.790. The second-order valence-corrected chi connectivity index (χ2v) is 2.06. The molecular weight excluding hydrogens is 114 g/mol. The summed E-state index contributed by atoms with van der Waals surface area (Å²) in [6.07, 6.45) is 0. The van der Waals surface area contributed by atoms with E-state index in [0.29, 0.717) is 0 Å². The van der Waals surface area contributed by atoms with Gasteiger partial charge >= 0.3 is 0 Å². The first-order valence-corrected chi connectivity index (χ1v) is 2.95. The third-order valence-electron chi connectivity index (χ3n) is 1.47. The Labute approximate surface area is 56.0 Å². The number of hydrogen-bond donors (Lipinski definition) is 1. The monoisotopic (exact) mass is 127 g/mol. The van der Waals surface area contributed by atoms with Gasteiger partial charge in [-0.1, -0.05) is 0 Å². The van der Waals surface area contributed by atoms with Gasteiger partial charge in [0.15, 0.2) is 5.78 Å². The van der Waals surface area contributed by atoms with Crippen LogP contribution in [0, 0.1) is 0 Å². The van der Waals surface area contributed by atoms with Gasteiger partial charge in [-0.15, -0.1) is 0 Å². The van der Waals surface area contributed by atoms with Crippen LogP contribution in [0.5, 0.6) is 0 Å². The molecule has 0 saturated carbocycles. The third kappa shape index (κ3) is 2.31. The Kier molecular flexibility index (Phi) is 2.99. The van der Waals surface area contributed by atoms with Gasteiger partial charge in [-0.3, -0.25) is 4.79 Å². The number of carbonyl (C=O) groups is 1. The van der Waals surface area contributed by atoms with E-state index in [0.717, 1.165) is 11.3 Å². The number of carbonyl (C=O) groups excluding carboxylic acids is 1. The number of Topliss-reactive ketones (excluding diaryl/α,β-unsaturated/α-hetero) is 1. The lowest BCUT2D eigenvalue weighted by atomic mass is 10.2.